The van der Waals surface area contributed by atoms with Crippen LogP contribution in [0, 0.1) is 0 Å². The van der Waals surface area contributed by atoms with E-state index >= 15 is 0 Å². The van der Waals surface area contributed by atoms with Crippen molar-refractivity contribution in [3.8, 4) is 0 Å². The number of carbonyl (C=O) groups is 2. The molecule has 0 aromatic carbocycles. The highest BCUT2D eigenvalue weighted by Gasteiger charge is 2.07. The van der Waals surface area contributed by atoms with Crippen molar-refractivity contribution in [3.05, 3.63) is 23.8 Å². The SMILES string of the molecule is CC=CC=C(COC(C)=O)C(=O)O. The molecule has 72 valence electrons. The summed E-state index contributed by atoms with van der Waals surface area (Å²) in [6.45, 7) is 2.80. The van der Waals surface area contributed by atoms with Gasteiger partial charge in [0.05, 0.1) is 5.57 Å². The first kappa shape index (κ1) is 11.4. The minimum atomic E-state index is -1.08. The molecule has 0 aliphatic carbocycles. The van der Waals surface area contributed by atoms with Gasteiger partial charge in [-0.05, 0) is 13.0 Å². The zero-order valence-electron chi connectivity index (χ0n) is 7.61. The molecule has 0 unspecified atom stereocenters. The van der Waals surface area contributed by atoms with E-state index in [4.69, 9.17) is 5.11 Å². The number of hydrogen-bond donors (Lipinski definition) is 1. The number of carboxylic acid groups (broad SMARTS) is 1. The molecule has 4 heteroatoms. The zero-order chi connectivity index (χ0) is 10.3. The van der Waals surface area contributed by atoms with E-state index in [0.29, 0.717) is 0 Å². The molecule has 0 aliphatic rings. The molecular weight excluding hydrogens is 172 g/mol. The Kier molecular flexibility index (Phi) is 5.27. The number of esters is 1. The summed E-state index contributed by atoms with van der Waals surface area (Å²) in [6.07, 6.45) is 4.66. The molecule has 0 aromatic rings. The lowest BCUT2D eigenvalue weighted by Gasteiger charge is -2.00. The van der Waals surface area contributed by atoms with E-state index in [-0.39, 0.29) is 12.2 Å². The molecule has 0 spiro atoms. The maximum absolute atomic E-state index is 10.5. The van der Waals surface area contributed by atoms with Gasteiger partial charge in [-0.15, -0.1) is 0 Å². The van der Waals surface area contributed by atoms with Crippen LogP contribution in [0.4, 0.5) is 0 Å². The molecule has 0 fully saturated rings. The predicted molar refractivity (Wildman–Crippen MR) is 47.2 cm³/mol. The van der Waals surface area contributed by atoms with Gasteiger partial charge < -0.3 is 9.84 Å². The van der Waals surface area contributed by atoms with E-state index in [1.54, 1.807) is 19.1 Å². The van der Waals surface area contributed by atoms with Crippen molar-refractivity contribution in [1.82, 2.24) is 0 Å². The minimum Gasteiger partial charge on any atom is -0.478 e. The highest BCUT2D eigenvalue weighted by atomic mass is 16.5. The number of carboxylic acids is 1. The molecule has 0 radical (unpaired) electrons. The fraction of sp³-hybridized carbons (Fsp3) is 0.333. The van der Waals surface area contributed by atoms with Crippen molar-refractivity contribution in [2.45, 2.75) is 13.8 Å². The Labute approximate surface area is 76.5 Å². The second kappa shape index (κ2) is 5.99. The molecule has 0 saturated heterocycles. The van der Waals surface area contributed by atoms with Gasteiger partial charge >= 0.3 is 11.9 Å². The van der Waals surface area contributed by atoms with Crippen molar-refractivity contribution in [2.24, 2.45) is 0 Å². The smallest absolute Gasteiger partial charge is 0.335 e. The number of allylic oxidation sites excluding steroid dienone is 3. The Hall–Kier alpha value is -1.58. The first-order valence-electron chi connectivity index (χ1n) is 3.76. The molecule has 0 aromatic heterocycles. The summed E-state index contributed by atoms with van der Waals surface area (Å²) in [5, 5.41) is 8.62. The summed E-state index contributed by atoms with van der Waals surface area (Å²) in [4.78, 5) is 20.9. The Morgan fingerprint density at radius 2 is 2.08 bits per heavy atom. The van der Waals surface area contributed by atoms with Crippen LogP contribution in [0.2, 0.25) is 0 Å². The van der Waals surface area contributed by atoms with Gasteiger partial charge in [-0.1, -0.05) is 12.2 Å². The van der Waals surface area contributed by atoms with Gasteiger partial charge in [0.15, 0.2) is 0 Å². The average Bonchev–Trinajstić information content (AvgIpc) is 2.03. The van der Waals surface area contributed by atoms with Crippen LogP contribution in [0.5, 0.6) is 0 Å². The third-order valence-corrected chi connectivity index (χ3v) is 1.20. The second-order valence-corrected chi connectivity index (χ2v) is 2.30. The lowest BCUT2D eigenvalue weighted by Crippen LogP contribution is -2.10. The molecule has 0 bridgehead atoms. The lowest BCUT2D eigenvalue weighted by atomic mass is 10.2. The normalized spacial score (nSPS) is 11.7. The van der Waals surface area contributed by atoms with Crippen LogP contribution in [0.15, 0.2) is 23.8 Å². The fourth-order valence-electron chi connectivity index (χ4n) is 0.573. The van der Waals surface area contributed by atoms with Crippen LogP contribution >= 0.6 is 0 Å². The highest BCUT2D eigenvalue weighted by molar-refractivity contribution is 5.87. The maximum Gasteiger partial charge on any atom is 0.335 e. The molecule has 13 heavy (non-hydrogen) atoms. The Bertz CT molecular complexity index is 250. The molecule has 0 atom stereocenters. The van der Waals surface area contributed by atoms with Gasteiger partial charge in [-0.2, -0.15) is 0 Å². The van der Waals surface area contributed by atoms with Gasteiger partial charge in [0, 0.05) is 6.92 Å². The van der Waals surface area contributed by atoms with Crippen LogP contribution in [0.3, 0.4) is 0 Å². The van der Waals surface area contributed by atoms with E-state index in [1.807, 2.05) is 0 Å². The summed E-state index contributed by atoms with van der Waals surface area (Å²) >= 11 is 0. The van der Waals surface area contributed by atoms with E-state index < -0.39 is 11.9 Å². The monoisotopic (exact) mass is 184 g/mol. The van der Waals surface area contributed by atoms with Gasteiger partial charge in [-0.3, -0.25) is 4.79 Å². The minimum absolute atomic E-state index is 0.0494. The third kappa shape index (κ3) is 5.66. The molecule has 0 aliphatic heterocycles. The van der Waals surface area contributed by atoms with E-state index in [2.05, 4.69) is 4.74 Å². The van der Waals surface area contributed by atoms with Crippen molar-refractivity contribution >= 4 is 11.9 Å². The number of hydrogen-bond acceptors (Lipinski definition) is 3. The number of ether oxygens (including phenoxy) is 1. The van der Waals surface area contributed by atoms with Crippen molar-refractivity contribution in [2.75, 3.05) is 6.61 Å². The first-order chi connectivity index (χ1) is 6.07. The second-order valence-electron chi connectivity index (χ2n) is 2.30. The molecular formula is C9H12O4. The number of rotatable bonds is 4. The van der Waals surface area contributed by atoms with Crippen LogP contribution < -0.4 is 0 Å². The summed E-state index contributed by atoms with van der Waals surface area (Å²) < 4.78 is 4.54. The van der Waals surface area contributed by atoms with Crippen LogP contribution in [-0.2, 0) is 14.3 Å². The summed E-state index contributed by atoms with van der Waals surface area (Å²) in [7, 11) is 0. The van der Waals surface area contributed by atoms with Gasteiger partial charge in [0.25, 0.3) is 0 Å². The van der Waals surface area contributed by atoms with Crippen molar-refractivity contribution in [1.29, 1.82) is 0 Å². The lowest BCUT2D eigenvalue weighted by molar-refractivity contribution is -0.141. The maximum atomic E-state index is 10.5. The van der Waals surface area contributed by atoms with Crippen LogP contribution in [0.1, 0.15) is 13.8 Å². The largest absolute Gasteiger partial charge is 0.478 e. The summed E-state index contributed by atoms with van der Waals surface area (Å²) in [5.41, 5.74) is 0.0494. The standard InChI is InChI=1S/C9H12O4/c1-3-4-5-8(9(11)12)6-13-7(2)10/h3-5H,6H2,1-2H3,(H,11,12). The molecule has 4 nitrogen and oxygen atoms in total. The Morgan fingerprint density at radius 3 is 2.46 bits per heavy atom. The highest BCUT2D eigenvalue weighted by Crippen LogP contribution is 1.97. The van der Waals surface area contributed by atoms with Crippen LogP contribution in [0.25, 0.3) is 0 Å². The molecule has 1 N–H and O–H groups in total. The zero-order valence-corrected chi connectivity index (χ0v) is 7.61. The summed E-state index contributed by atoms with van der Waals surface area (Å²) in [5.74, 6) is -1.58. The molecule has 0 amide bonds. The molecule has 0 saturated carbocycles. The number of aliphatic carboxylic acids is 1. The predicted octanol–water partition coefficient (Wildman–Crippen LogP) is 1.14. The van der Waals surface area contributed by atoms with E-state index in [1.165, 1.54) is 13.0 Å². The van der Waals surface area contributed by atoms with Crippen molar-refractivity contribution in [3.63, 3.8) is 0 Å². The van der Waals surface area contributed by atoms with E-state index in [9.17, 15) is 9.59 Å². The fourth-order valence-corrected chi connectivity index (χ4v) is 0.573. The van der Waals surface area contributed by atoms with E-state index in [0.717, 1.165) is 0 Å². The first-order valence-corrected chi connectivity index (χ1v) is 3.76. The molecule has 0 rings (SSSR count). The summed E-state index contributed by atoms with van der Waals surface area (Å²) in [6, 6.07) is 0. The van der Waals surface area contributed by atoms with Gasteiger partial charge in [-0.25, -0.2) is 4.79 Å². The number of carbonyl (C=O) groups excluding carboxylic acids is 1. The average molecular weight is 184 g/mol. The van der Waals surface area contributed by atoms with Crippen molar-refractivity contribution < 1.29 is 19.4 Å². The topological polar surface area (TPSA) is 63.6 Å². The van der Waals surface area contributed by atoms with Gasteiger partial charge in [0.2, 0.25) is 0 Å². The van der Waals surface area contributed by atoms with Crippen LogP contribution in [-0.4, -0.2) is 23.7 Å². The Morgan fingerprint density at radius 1 is 1.46 bits per heavy atom. The van der Waals surface area contributed by atoms with Gasteiger partial charge in [0.1, 0.15) is 6.61 Å². The Balaban J connectivity index is 4.27. The molecule has 0 heterocycles. The quantitative estimate of drug-likeness (QED) is 0.404. The third-order valence-electron chi connectivity index (χ3n) is 1.20.